The molecule has 25 heavy (non-hydrogen) atoms. The first kappa shape index (κ1) is 19.8. The molecule has 2 heterocycles. The first-order valence-electron chi connectivity index (χ1n) is 9.51. The van der Waals surface area contributed by atoms with Gasteiger partial charge in [-0.2, -0.15) is 0 Å². The first-order valence-corrected chi connectivity index (χ1v) is 9.51. The van der Waals surface area contributed by atoms with E-state index in [0.717, 1.165) is 38.2 Å². The second kappa shape index (κ2) is 8.25. The van der Waals surface area contributed by atoms with Crippen molar-refractivity contribution in [1.29, 1.82) is 0 Å². The highest BCUT2D eigenvalue weighted by Crippen LogP contribution is 2.33. The van der Waals surface area contributed by atoms with Gasteiger partial charge in [-0.05, 0) is 69.5 Å². The summed E-state index contributed by atoms with van der Waals surface area (Å²) < 4.78 is 7.16. The molecule has 0 N–H and O–H groups in total. The minimum atomic E-state index is -0.116. The summed E-state index contributed by atoms with van der Waals surface area (Å²) in [6.07, 6.45) is 2.63. The van der Waals surface area contributed by atoms with Crippen molar-refractivity contribution >= 4 is 5.97 Å². The van der Waals surface area contributed by atoms with Crippen LogP contribution < -0.4 is 0 Å². The van der Waals surface area contributed by atoms with Crippen molar-refractivity contribution in [2.75, 3.05) is 19.7 Å². The number of ether oxygens (including phenoxy) is 1. The number of carbonyl (C=O) groups excluding carboxylic acids is 1. The van der Waals surface area contributed by atoms with Crippen LogP contribution in [0.25, 0.3) is 0 Å². The van der Waals surface area contributed by atoms with Crippen molar-refractivity contribution in [1.82, 2.24) is 25.1 Å². The van der Waals surface area contributed by atoms with E-state index in [-0.39, 0.29) is 23.5 Å². The fourth-order valence-electron chi connectivity index (χ4n) is 3.52. The fourth-order valence-corrected chi connectivity index (χ4v) is 3.52. The number of likely N-dealkylation sites (tertiary alicyclic amines) is 1. The maximum atomic E-state index is 12.0. The van der Waals surface area contributed by atoms with Crippen molar-refractivity contribution in [3.63, 3.8) is 0 Å². The van der Waals surface area contributed by atoms with E-state index in [2.05, 4.69) is 55.0 Å². The second-order valence-electron chi connectivity index (χ2n) is 7.87. The lowest BCUT2D eigenvalue weighted by atomic mass is 9.92. The van der Waals surface area contributed by atoms with Gasteiger partial charge in [0, 0.05) is 0 Å². The van der Waals surface area contributed by atoms with E-state index < -0.39 is 0 Å². The molecule has 0 amide bonds. The minimum Gasteiger partial charge on any atom is -0.466 e. The number of carbonyl (C=O) groups is 1. The molecule has 1 aliphatic heterocycles. The molecule has 1 saturated heterocycles. The second-order valence-corrected chi connectivity index (χ2v) is 7.87. The maximum absolute atomic E-state index is 12.0. The topological polar surface area (TPSA) is 73.1 Å². The summed E-state index contributed by atoms with van der Waals surface area (Å²) in [5.41, 5.74) is -0.116. The van der Waals surface area contributed by atoms with E-state index in [1.807, 2.05) is 11.6 Å². The summed E-state index contributed by atoms with van der Waals surface area (Å²) in [5.74, 6) is 1.28. The Balaban J connectivity index is 2.16. The normalized spacial score (nSPS) is 18.5. The van der Waals surface area contributed by atoms with Crippen LogP contribution >= 0.6 is 0 Å². The molecule has 0 bridgehead atoms. The van der Waals surface area contributed by atoms with Crippen molar-refractivity contribution in [2.24, 2.45) is 11.8 Å². The van der Waals surface area contributed by atoms with Gasteiger partial charge >= 0.3 is 5.97 Å². The Kier molecular flexibility index (Phi) is 6.54. The lowest BCUT2D eigenvalue weighted by Crippen LogP contribution is -2.43. The third-order valence-electron chi connectivity index (χ3n) is 5.37. The molecule has 142 valence electrons. The Morgan fingerprint density at radius 2 is 1.92 bits per heavy atom. The number of aromatic nitrogens is 4. The summed E-state index contributed by atoms with van der Waals surface area (Å²) in [4.78, 5) is 14.4. The summed E-state index contributed by atoms with van der Waals surface area (Å²) >= 11 is 0. The molecular weight excluding hydrogens is 318 g/mol. The third-order valence-corrected chi connectivity index (χ3v) is 5.37. The number of nitrogens with zero attached hydrogens (tertiary/aromatic N) is 5. The molecule has 0 radical (unpaired) electrons. The lowest BCUT2D eigenvalue weighted by Gasteiger charge is -2.39. The SMILES string of the molecule is CCOC(=O)C1CCN(C(c2nnnn2C(C)(C)CC)C(C)C)CC1. The molecule has 1 fully saturated rings. The van der Waals surface area contributed by atoms with E-state index in [4.69, 9.17) is 4.74 Å². The van der Waals surface area contributed by atoms with Crippen LogP contribution in [0, 0.1) is 11.8 Å². The maximum Gasteiger partial charge on any atom is 0.309 e. The Morgan fingerprint density at radius 3 is 2.44 bits per heavy atom. The zero-order chi connectivity index (χ0) is 18.6. The predicted octanol–water partition coefficient (Wildman–Crippen LogP) is 2.79. The Morgan fingerprint density at radius 1 is 1.28 bits per heavy atom. The van der Waals surface area contributed by atoms with Crippen molar-refractivity contribution < 1.29 is 9.53 Å². The van der Waals surface area contributed by atoms with E-state index in [9.17, 15) is 4.79 Å². The predicted molar refractivity (Wildman–Crippen MR) is 95.9 cm³/mol. The summed E-state index contributed by atoms with van der Waals surface area (Å²) in [7, 11) is 0. The third kappa shape index (κ3) is 4.37. The zero-order valence-corrected chi connectivity index (χ0v) is 16.5. The standard InChI is InChI=1S/C18H33N5O2/c1-7-18(5,6)23-16(19-20-21-23)15(13(3)4)22-11-9-14(10-12-22)17(24)25-8-2/h13-15H,7-12H2,1-6H3. The smallest absolute Gasteiger partial charge is 0.309 e. The largest absolute Gasteiger partial charge is 0.466 e. The molecule has 7 heteroatoms. The quantitative estimate of drug-likeness (QED) is 0.703. The zero-order valence-electron chi connectivity index (χ0n) is 16.5. The molecular formula is C18H33N5O2. The van der Waals surface area contributed by atoms with Crippen LogP contribution in [0.3, 0.4) is 0 Å². The van der Waals surface area contributed by atoms with Gasteiger partial charge in [-0.3, -0.25) is 9.69 Å². The van der Waals surface area contributed by atoms with Crippen LogP contribution in [0.5, 0.6) is 0 Å². The Hall–Kier alpha value is -1.50. The van der Waals surface area contributed by atoms with Crippen molar-refractivity contribution in [3.8, 4) is 0 Å². The molecule has 1 aliphatic rings. The Bertz CT molecular complexity index is 562. The first-order chi connectivity index (χ1) is 11.8. The number of tetrazole rings is 1. The van der Waals surface area contributed by atoms with Gasteiger partial charge in [-0.25, -0.2) is 4.68 Å². The van der Waals surface area contributed by atoms with Gasteiger partial charge in [0.25, 0.3) is 0 Å². The van der Waals surface area contributed by atoms with Crippen molar-refractivity contribution in [2.45, 2.75) is 72.4 Å². The number of hydrogen-bond donors (Lipinski definition) is 0. The highest BCUT2D eigenvalue weighted by atomic mass is 16.5. The van der Waals surface area contributed by atoms with E-state index in [1.165, 1.54) is 0 Å². The van der Waals surface area contributed by atoms with Gasteiger partial charge in [-0.1, -0.05) is 20.8 Å². The summed E-state index contributed by atoms with van der Waals surface area (Å²) in [6.45, 7) is 14.9. The molecule has 0 saturated carbocycles. The van der Waals surface area contributed by atoms with Crippen LogP contribution in [0.15, 0.2) is 0 Å². The van der Waals surface area contributed by atoms with Gasteiger partial charge in [0.2, 0.25) is 0 Å². The van der Waals surface area contributed by atoms with Crippen LogP contribution in [0.2, 0.25) is 0 Å². The number of rotatable bonds is 7. The van der Waals surface area contributed by atoms with E-state index in [1.54, 1.807) is 0 Å². The number of piperidine rings is 1. The molecule has 2 rings (SSSR count). The minimum absolute atomic E-state index is 0.0205. The molecule has 1 unspecified atom stereocenters. The molecule has 1 atom stereocenters. The summed E-state index contributed by atoms with van der Waals surface area (Å²) in [5, 5.41) is 12.6. The molecule has 0 spiro atoms. The van der Waals surface area contributed by atoms with Crippen LogP contribution in [0.4, 0.5) is 0 Å². The molecule has 0 aromatic carbocycles. The van der Waals surface area contributed by atoms with Gasteiger partial charge < -0.3 is 4.74 Å². The van der Waals surface area contributed by atoms with Crippen molar-refractivity contribution in [3.05, 3.63) is 5.82 Å². The van der Waals surface area contributed by atoms with Crippen LogP contribution in [-0.2, 0) is 15.1 Å². The average molecular weight is 351 g/mol. The monoisotopic (exact) mass is 351 g/mol. The van der Waals surface area contributed by atoms with Crippen LogP contribution in [-0.4, -0.2) is 50.8 Å². The van der Waals surface area contributed by atoms with E-state index in [0.29, 0.717) is 12.5 Å². The van der Waals surface area contributed by atoms with Gasteiger partial charge in [-0.15, -0.1) is 5.10 Å². The van der Waals surface area contributed by atoms with Gasteiger partial charge in [0.1, 0.15) is 0 Å². The van der Waals surface area contributed by atoms with Gasteiger partial charge in [0.05, 0.1) is 24.1 Å². The fraction of sp³-hybridized carbons (Fsp3) is 0.889. The molecule has 1 aromatic rings. The molecule has 1 aromatic heterocycles. The molecule has 0 aliphatic carbocycles. The number of esters is 1. The summed E-state index contributed by atoms with van der Waals surface area (Å²) in [6, 6.07) is 0.156. The molecule has 7 nitrogen and oxygen atoms in total. The van der Waals surface area contributed by atoms with E-state index >= 15 is 0 Å². The lowest BCUT2D eigenvalue weighted by molar-refractivity contribution is -0.150. The highest BCUT2D eigenvalue weighted by molar-refractivity contribution is 5.72. The average Bonchev–Trinajstić information content (AvgIpc) is 3.05. The highest BCUT2D eigenvalue weighted by Gasteiger charge is 2.36. The van der Waals surface area contributed by atoms with Gasteiger partial charge in [0.15, 0.2) is 5.82 Å². The van der Waals surface area contributed by atoms with Crippen LogP contribution in [0.1, 0.15) is 72.7 Å². The Labute approximate surface area is 151 Å². The number of hydrogen-bond acceptors (Lipinski definition) is 6.